The average molecular weight is 559 g/mol. The molecule has 2 N–H and O–H groups in total. The maximum atomic E-state index is 12.7. The summed E-state index contributed by atoms with van der Waals surface area (Å²) >= 11 is 2.11. The summed E-state index contributed by atoms with van der Waals surface area (Å²) in [6.45, 7) is 5.37. The van der Waals surface area contributed by atoms with Crippen molar-refractivity contribution in [1.29, 1.82) is 0 Å². The van der Waals surface area contributed by atoms with Crippen LogP contribution < -0.4 is 19.6 Å². The number of ether oxygens (including phenoxy) is 2. The van der Waals surface area contributed by atoms with Gasteiger partial charge in [-0.05, 0) is 65.3 Å². The van der Waals surface area contributed by atoms with Crippen LogP contribution in [0.3, 0.4) is 0 Å². The molecule has 0 spiro atoms. The molecule has 1 amide bonds. The zero-order chi connectivity index (χ0) is 23.2. The number of amides is 1. The van der Waals surface area contributed by atoms with E-state index in [-0.39, 0.29) is 10.8 Å². The highest BCUT2D eigenvalue weighted by atomic mass is 127. The number of hydrogen-bond acceptors (Lipinski definition) is 6. The number of nitrogens with zero attached hydrogens (tertiary/aromatic N) is 1. The Morgan fingerprint density at radius 1 is 1.13 bits per heavy atom. The summed E-state index contributed by atoms with van der Waals surface area (Å²) in [6.07, 6.45) is 1.45. The lowest BCUT2D eigenvalue weighted by atomic mass is 10.1. The van der Waals surface area contributed by atoms with Crippen LogP contribution in [-0.4, -0.2) is 40.8 Å². The van der Waals surface area contributed by atoms with Gasteiger partial charge in [-0.15, -0.1) is 0 Å². The third kappa shape index (κ3) is 6.65. The molecule has 0 saturated carbocycles. The van der Waals surface area contributed by atoms with Gasteiger partial charge in [-0.3, -0.25) is 4.79 Å². The van der Waals surface area contributed by atoms with Crippen molar-refractivity contribution in [2.24, 2.45) is 11.0 Å². The van der Waals surface area contributed by atoms with Gasteiger partial charge in [0.25, 0.3) is 5.91 Å². The number of hydrazone groups is 1. The highest BCUT2D eigenvalue weighted by Gasteiger charge is 2.28. The first-order valence-electron chi connectivity index (χ1n) is 9.42. The van der Waals surface area contributed by atoms with Crippen molar-refractivity contribution in [3.05, 3.63) is 51.1 Å². The second-order valence-corrected chi connectivity index (χ2v) is 10.0. The molecule has 10 heteroatoms. The first-order chi connectivity index (χ1) is 14.6. The minimum Gasteiger partial charge on any atom is -0.493 e. The molecular formula is C21H26IN3O5S. The van der Waals surface area contributed by atoms with Crippen LogP contribution in [-0.2, 0) is 14.8 Å². The Morgan fingerprint density at radius 2 is 1.77 bits per heavy atom. The lowest BCUT2D eigenvalue weighted by molar-refractivity contribution is -0.123. The van der Waals surface area contributed by atoms with E-state index in [4.69, 9.17) is 9.47 Å². The van der Waals surface area contributed by atoms with Crippen LogP contribution in [0.4, 0.5) is 0 Å². The van der Waals surface area contributed by atoms with Crippen molar-refractivity contribution in [2.45, 2.75) is 31.7 Å². The van der Waals surface area contributed by atoms with E-state index in [1.807, 2.05) is 13.0 Å². The Labute approximate surface area is 196 Å². The molecule has 0 aliphatic rings. The predicted molar refractivity (Wildman–Crippen MR) is 128 cm³/mol. The van der Waals surface area contributed by atoms with E-state index in [1.165, 1.54) is 25.5 Å². The van der Waals surface area contributed by atoms with E-state index < -0.39 is 22.0 Å². The first-order valence-corrected chi connectivity index (χ1v) is 12.0. The third-order valence-corrected chi connectivity index (χ3v) is 6.67. The highest BCUT2D eigenvalue weighted by Crippen LogP contribution is 2.33. The number of halogens is 1. The largest absolute Gasteiger partial charge is 0.493 e. The maximum Gasteiger partial charge on any atom is 0.258 e. The van der Waals surface area contributed by atoms with Crippen LogP contribution in [0.1, 0.15) is 25.0 Å². The molecule has 0 aliphatic heterocycles. The zero-order valence-corrected chi connectivity index (χ0v) is 20.9. The molecule has 0 radical (unpaired) electrons. The fourth-order valence-corrected chi connectivity index (χ4v) is 4.89. The number of methoxy groups -OCH3 is 2. The molecule has 8 nitrogen and oxygen atoms in total. The number of sulfonamides is 1. The standard InChI is InChI=1S/C21H26IN3O5S/c1-13(2)19(25-31(27,28)16-8-6-14(3)7-9-16)21(26)24-23-12-15-10-17(22)20(30-5)18(11-15)29-4/h6-13,19,25H,1-5H3,(H,24,26)/b23-12-/t19-/m0/s1. The van der Waals surface area contributed by atoms with Crippen molar-refractivity contribution in [3.8, 4) is 11.5 Å². The molecule has 0 saturated heterocycles. The third-order valence-electron chi connectivity index (χ3n) is 4.41. The van der Waals surface area contributed by atoms with Gasteiger partial charge in [0, 0.05) is 0 Å². The van der Waals surface area contributed by atoms with Crippen LogP contribution in [0.25, 0.3) is 0 Å². The van der Waals surface area contributed by atoms with Gasteiger partial charge >= 0.3 is 0 Å². The Bertz CT molecular complexity index is 1050. The molecule has 2 aromatic rings. The molecule has 1 atom stereocenters. The van der Waals surface area contributed by atoms with Gasteiger partial charge in [0.05, 0.1) is 28.9 Å². The van der Waals surface area contributed by atoms with E-state index in [0.29, 0.717) is 17.1 Å². The van der Waals surface area contributed by atoms with E-state index in [9.17, 15) is 13.2 Å². The minimum atomic E-state index is -3.86. The Morgan fingerprint density at radius 3 is 2.32 bits per heavy atom. The molecule has 31 heavy (non-hydrogen) atoms. The van der Waals surface area contributed by atoms with Gasteiger partial charge < -0.3 is 9.47 Å². The zero-order valence-electron chi connectivity index (χ0n) is 18.0. The van der Waals surface area contributed by atoms with Gasteiger partial charge in [-0.25, -0.2) is 13.8 Å². The number of nitrogens with one attached hydrogen (secondary N) is 2. The molecule has 0 fully saturated rings. The Kier molecular flexibility index (Phi) is 8.83. The summed E-state index contributed by atoms with van der Waals surface area (Å²) in [4.78, 5) is 12.7. The first kappa shape index (κ1) is 25.1. The average Bonchev–Trinajstić information content (AvgIpc) is 2.71. The number of hydrogen-bond donors (Lipinski definition) is 2. The maximum absolute atomic E-state index is 12.7. The highest BCUT2D eigenvalue weighted by molar-refractivity contribution is 14.1. The molecule has 0 aliphatic carbocycles. The number of aryl methyl sites for hydroxylation is 1. The molecule has 0 aromatic heterocycles. The normalized spacial score (nSPS) is 12.7. The Hall–Kier alpha value is -2.18. The number of carbonyl (C=O) groups excluding carboxylic acids is 1. The van der Waals surface area contributed by atoms with Crippen molar-refractivity contribution >= 4 is 44.7 Å². The lowest BCUT2D eigenvalue weighted by Gasteiger charge is -2.20. The summed E-state index contributed by atoms with van der Waals surface area (Å²) in [5.74, 6) is 0.289. The Balaban J connectivity index is 2.14. The van der Waals surface area contributed by atoms with Crippen LogP contribution in [0.2, 0.25) is 0 Å². The lowest BCUT2D eigenvalue weighted by Crippen LogP contribution is -2.48. The van der Waals surface area contributed by atoms with E-state index in [2.05, 4.69) is 37.8 Å². The van der Waals surface area contributed by atoms with E-state index in [1.54, 1.807) is 39.2 Å². The van der Waals surface area contributed by atoms with Gasteiger partial charge in [-0.1, -0.05) is 31.5 Å². The fourth-order valence-electron chi connectivity index (χ4n) is 2.70. The monoisotopic (exact) mass is 559 g/mol. The van der Waals surface area contributed by atoms with Gasteiger partial charge in [0.2, 0.25) is 10.0 Å². The fraction of sp³-hybridized carbons (Fsp3) is 0.333. The van der Waals surface area contributed by atoms with E-state index >= 15 is 0 Å². The summed E-state index contributed by atoms with van der Waals surface area (Å²) in [5.41, 5.74) is 4.04. The van der Waals surface area contributed by atoms with Crippen molar-refractivity contribution in [1.82, 2.24) is 10.1 Å². The molecule has 168 valence electrons. The van der Waals surface area contributed by atoms with Crippen molar-refractivity contribution in [3.63, 3.8) is 0 Å². The molecular weight excluding hydrogens is 533 g/mol. The molecule has 2 aromatic carbocycles. The quantitative estimate of drug-likeness (QED) is 0.279. The van der Waals surface area contributed by atoms with Crippen LogP contribution in [0, 0.1) is 16.4 Å². The van der Waals surface area contributed by atoms with Crippen molar-refractivity contribution < 1.29 is 22.7 Å². The van der Waals surface area contributed by atoms with Gasteiger partial charge in [0.15, 0.2) is 11.5 Å². The molecule has 0 heterocycles. The topological polar surface area (TPSA) is 106 Å². The number of carbonyl (C=O) groups is 1. The molecule has 0 bridgehead atoms. The summed E-state index contributed by atoms with van der Waals surface area (Å²) < 4.78 is 39.2. The minimum absolute atomic E-state index is 0.0972. The number of rotatable bonds is 9. The molecule has 2 rings (SSSR count). The molecule has 0 unspecified atom stereocenters. The van der Waals surface area contributed by atoms with Crippen LogP contribution >= 0.6 is 22.6 Å². The second-order valence-electron chi connectivity index (χ2n) is 7.13. The van der Waals surface area contributed by atoms with Gasteiger partial charge in [0.1, 0.15) is 6.04 Å². The van der Waals surface area contributed by atoms with Gasteiger partial charge in [-0.2, -0.15) is 9.82 Å². The summed E-state index contributed by atoms with van der Waals surface area (Å²) in [5, 5.41) is 3.97. The summed E-state index contributed by atoms with van der Waals surface area (Å²) in [7, 11) is -0.775. The van der Waals surface area contributed by atoms with Crippen molar-refractivity contribution in [2.75, 3.05) is 14.2 Å². The smallest absolute Gasteiger partial charge is 0.258 e. The van der Waals surface area contributed by atoms with Crippen LogP contribution in [0.15, 0.2) is 46.4 Å². The van der Waals surface area contributed by atoms with E-state index in [0.717, 1.165) is 9.13 Å². The number of benzene rings is 2. The predicted octanol–water partition coefficient (Wildman–Crippen LogP) is 3.07. The van der Waals surface area contributed by atoms with Crippen LogP contribution in [0.5, 0.6) is 11.5 Å². The SMILES string of the molecule is COc1cc(/C=N\NC(=O)[C@@H](NS(=O)(=O)c2ccc(C)cc2)C(C)C)cc(I)c1OC. The second kappa shape index (κ2) is 10.9. The summed E-state index contributed by atoms with van der Waals surface area (Å²) in [6, 6.07) is 8.96.